The van der Waals surface area contributed by atoms with Crippen molar-refractivity contribution in [2.75, 3.05) is 164 Å². The van der Waals surface area contributed by atoms with E-state index in [1.807, 2.05) is 52.0 Å². The third-order valence-electron chi connectivity index (χ3n) is 23.2. The van der Waals surface area contributed by atoms with Crippen LogP contribution in [0, 0.1) is 0 Å². The fourth-order valence-corrected chi connectivity index (χ4v) is 15.8. The number of carbonyl (C=O) groups is 14. The fourth-order valence-electron chi connectivity index (χ4n) is 15.8. The second-order valence-corrected chi connectivity index (χ2v) is 33.7. The minimum atomic E-state index is -1.91. The van der Waals surface area contributed by atoms with Crippen LogP contribution in [0.15, 0.2) is 72.8 Å². The number of carboxylic acids is 4. The van der Waals surface area contributed by atoms with E-state index >= 15 is 0 Å². The summed E-state index contributed by atoms with van der Waals surface area (Å²) in [6.07, 6.45) is -2.25. The molecule has 0 unspecified atom stereocenters. The van der Waals surface area contributed by atoms with E-state index < -0.39 is 191 Å². The lowest BCUT2D eigenvalue weighted by atomic mass is 9.98. The number of aliphatic hydroxyl groups excluding tert-OH is 3. The monoisotopic (exact) mass is 1890 g/mol. The summed E-state index contributed by atoms with van der Waals surface area (Å²) in [5.74, 6) is -14.4. The van der Waals surface area contributed by atoms with Gasteiger partial charge in [-0.1, -0.05) is 52.0 Å². The molecule has 5 heterocycles. The molecular formula is C88H122N22O25. The van der Waals surface area contributed by atoms with E-state index in [4.69, 9.17) is 0 Å². The largest absolute Gasteiger partial charge is 0.508 e. The Hall–Kier alpha value is -13.4. The van der Waals surface area contributed by atoms with Crippen LogP contribution < -0.4 is 42.5 Å². The molecule has 6 aromatic rings. The van der Waals surface area contributed by atoms with E-state index in [2.05, 4.69) is 72.7 Å². The average molecular weight is 1890 g/mol. The van der Waals surface area contributed by atoms with E-state index in [0.717, 1.165) is 11.1 Å². The number of aromatic hydroxyl groups is 4. The van der Waals surface area contributed by atoms with Crippen LogP contribution in [0.4, 0.5) is 0 Å². The summed E-state index contributed by atoms with van der Waals surface area (Å²) in [4.78, 5) is 199. The van der Waals surface area contributed by atoms with Crippen molar-refractivity contribution in [3.05, 3.63) is 107 Å². The minimum Gasteiger partial charge on any atom is -0.508 e. The van der Waals surface area contributed by atoms with Crippen molar-refractivity contribution in [2.24, 2.45) is 0 Å². The molecule has 4 aromatic carbocycles. The highest BCUT2D eigenvalue weighted by atomic mass is 16.4. The number of hydrogen-bond acceptors (Lipinski definition) is 31. The molecule has 0 bridgehead atoms. The predicted octanol–water partition coefficient (Wildman–Crippen LogP) is -3.23. The van der Waals surface area contributed by atoms with E-state index in [-0.39, 0.29) is 154 Å². The van der Waals surface area contributed by atoms with Gasteiger partial charge in [0.1, 0.15) is 59.2 Å². The number of carbonyl (C=O) groups excluding carboxylic acids is 10. The van der Waals surface area contributed by atoms with Gasteiger partial charge in [-0.15, -0.1) is 20.4 Å². The molecule has 47 heteroatoms. The maximum Gasteiger partial charge on any atom is 0.320 e. The van der Waals surface area contributed by atoms with Crippen LogP contribution in [0.3, 0.4) is 0 Å². The summed E-state index contributed by atoms with van der Waals surface area (Å²) in [7, 11) is 0. The van der Waals surface area contributed by atoms with Crippen molar-refractivity contribution in [2.45, 2.75) is 135 Å². The number of amides is 10. The number of piperazine rings is 2. The van der Waals surface area contributed by atoms with Gasteiger partial charge in [0.15, 0.2) is 11.6 Å². The number of nitrogens with zero attached hydrogens (tertiary/aromatic N) is 14. The Morgan fingerprint density at radius 2 is 0.770 bits per heavy atom. The van der Waals surface area contributed by atoms with Crippen LogP contribution in [-0.2, 0) is 70.6 Å². The summed E-state index contributed by atoms with van der Waals surface area (Å²) in [6.45, 7) is 10.7. The molecule has 2 aromatic heterocycles. The molecule has 0 saturated carbocycles. The minimum absolute atomic E-state index is 0.0337. The zero-order valence-electron chi connectivity index (χ0n) is 76.4. The van der Waals surface area contributed by atoms with Gasteiger partial charge in [0.2, 0.25) is 58.9 Å². The molecule has 734 valence electrons. The van der Waals surface area contributed by atoms with E-state index in [1.165, 1.54) is 52.7 Å². The fraction of sp³-hybridized carbons (Fsp3) is 0.523. The Kier molecular flexibility index (Phi) is 39.0. The SMILES string of the molecule is CCNC(=O)c1nnc(-c2cc(C(C)C)c(O)cc2O)n1-c1ccc(CN2CCN(C(=O)C[C@H](NC(=O)CCNC(=O)[C@@H](CO)NC(=O)[C@@H](CO)NC(=O)[C@@H](CO)NC(=O)CC[C@H](C(=O)O)N3CCN(CC(=O)O)CCN(CC(=O)O)CCN(CC(=O)O)CC3)C(=O)N[C@H](C)C(=O)N3CCN(Cc4ccc(-n5c(C(=O)NCC)nnc5-c5cc(C(C)C)c(O)cc5O)cc4)CC3)CC2)cc1. The second-order valence-electron chi connectivity index (χ2n) is 33.7. The number of hydrogen-bond donors (Lipinski definition) is 19. The molecule has 3 saturated heterocycles. The lowest BCUT2D eigenvalue weighted by Gasteiger charge is -2.36. The number of aliphatic carboxylic acids is 4. The Bertz CT molecular complexity index is 5140. The first-order chi connectivity index (χ1) is 64.3. The van der Waals surface area contributed by atoms with Crippen LogP contribution in [0.25, 0.3) is 34.2 Å². The highest BCUT2D eigenvalue weighted by Gasteiger charge is 2.37. The summed E-state index contributed by atoms with van der Waals surface area (Å²) < 4.78 is 3.02. The third-order valence-corrected chi connectivity index (χ3v) is 23.2. The molecule has 19 N–H and O–H groups in total. The van der Waals surface area contributed by atoms with Crippen LogP contribution in [0.5, 0.6) is 23.0 Å². The molecular weight excluding hydrogens is 1770 g/mol. The molecule has 3 aliphatic rings. The molecule has 6 atom stereocenters. The maximum atomic E-state index is 14.5. The third kappa shape index (κ3) is 29.5. The first kappa shape index (κ1) is 105. The standard InChI is InChI=1S/C88H122N22O25/c1-8-89-85(131)79-99-97-77(60-38-58(51(3)4)67(114)41-69(60)116)109(79)56-14-10-54(11-15-56)43-101-28-34-107(35-29-101)73(120)40-62(82(128)92-53(7)87(133)108-36-30-102(31-37-108)44-55-12-16-57(17-13-55)110-78(98-100-80(110)86(132)90-9-2)61-39-59(52(5)6)68(115)42-70(61)117)93-72(119)20-21-91-81(127)63(48-111)95-84(130)65(50-113)96-83(129)64(49-112)94-71(118)19-18-66(88(134)135)106-32-26-104(46-75(123)124)24-22-103(45-74(121)122)23-25-105(27-33-106)47-76(125)126/h10-17,38-39,41-42,51-53,62-66,111-117H,8-9,18-37,40,43-50H2,1-7H3,(H,89,131)(H,90,132)(H,91,127)(H,92,128)(H,93,119)(H,94,118)(H,95,130)(H,96,129)(H,121,122)(H,123,124)(H,125,126)(H,134,135)/t53-,62+,63-,64-,65-,66-/m1/s1. The van der Waals surface area contributed by atoms with Crippen LogP contribution in [0.1, 0.15) is 129 Å². The Labute approximate surface area is 777 Å². The van der Waals surface area contributed by atoms with Gasteiger partial charge in [-0.05, 0) is 97.7 Å². The maximum absolute atomic E-state index is 14.5. The lowest BCUT2D eigenvalue weighted by molar-refractivity contribution is -0.145. The van der Waals surface area contributed by atoms with Gasteiger partial charge in [-0.25, -0.2) is 0 Å². The van der Waals surface area contributed by atoms with E-state index in [9.17, 15) is 123 Å². The van der Waals surface area contributed by atoms with Gasteiger partial charge in [0, 0.05) is 174 Å². The molecule has 9 rings (SSSR count). The summed E-state index contributed by atoms with van der Waals surface area (Å²) >= 11 is 0. The zero-order valence-corrected chi connectivity index (χ0v) is 76.4. The molecule has 0 spiro atoms. The summed E-state index contributed by atoms with van der Waals surface area (Å²) in [5, 5.41) is 150. The quantitative estimate of drug-likeness (QED) is 0.0179. The first-order valence-electron chi connectivity index (χ1n) is 44.5. The number of phenolic OH excluding ortho intramolecular Hbond substituents is 4. The summed E-state index contributed by atoms with van der Waals surface area (Å²) in [5.41, 5.74) is 4.21. The smallest absolute Gasteiger partial charge is 0.320 e. The normalized spacial score (nSPS) is 16.1. The predicted molar refractivity (Wildman–Crippen MR) is 481 cm³/mol. The molecule has 135 heavy (non-hydrogen) atoms. The number of phenols is 4. The van der Waals surface area contributed by atoms with Gasteiger partial charge >= 0.3 is 23.9 Å². The number of aliphatic hydroxyl groups is 3. The Balaban J connectivity index is 0.816. The molecule has 3 fully saturated rings. The highest BCUT2D eigenvalue weighted by molar-refractivity contribution is 5.97. The van der Waals surface area contributed by atoms with Crippen molar-refractivity contribution in [1.29, 1.82) is 0 Å². The molecule has 3 aliphatic heterocycles. The number of rotatable bonds is 43. The van der Waals surface area contributed by atoms with Crippen molar-refractivity contribution in [3.63, 3.8) is 0 Å². The van der Waals surface area contributed by atoms with Crippen LogP contribution >= 0.6 is 0 Å². The zero-order chi connectivity index (χ0) is 98.6. The molecule has 47 nitrogen and oxygen atoms in total. The second kappa shape index (κ2) is 50.1. The lowest BCUT2D eigenvalue weighted by Crippen LogP contribution is -2.59. The molecule has 10 amide bonds. The summed E-state index contributed by atoms with van der Waals surface area (Å²) in [6, 6.07) is 10.2. The molecule has 0 aliphatic carbocycles. The highest BCUT2D eigenvalue weighted by Crippen LogP contribution is 2.40. The van der Waals surface area contributed by atoms with Gasteiger partial charge in [0.25, 0.3) is 11.8 Å². The Morgan fingerprint density at radius 1 is 0.400 bits per heavy atom. The van der Waals surface area contributed by atoms with E-state index in [0.29, 0.717) is 68.3 Å². The van der Waals surface area contributed by atoms with Gasteiger partial charge < -0.3 is 109 Å². The number of carboxylic acid groups (broad SMARTS) is 4. The van der Waals surface area contributed by atoms with Crippen LogP contribution in [0.2, 0.25) is 0 Å². The van der Waals surface area contributed by atoms with Crippen molar-refractivity contribution < 1.29 is 123 Å². The topological polar surface area (TPSA) is 645 Å². The number of aromatic nitrogens is 6. The molecule has 0 radical (unpaired) electrons. The average Bonchev–Trinajstić information content (AvgIpc) is 1.65. The van der Waals surface area contributed by atoms with Crippen molar-refractivity contribution in [3.8, 4) is 57.1 Å². The van der Waals surface area contributed by atoms with Gasteiger partial charge in [-0.3, -0.25) is 106 Å². The van der Waals surface area contributed by atoms with Gasteiger partial charge in [-0.2, -0.15) is 0 Å². The van der Waals surface area contributed by atoms with Crippen LogP contribution in [-0.4, -0.2) is 408 Å². The van der Waals surface area contributed by atoms with E-state index in [1.54, 1.807) is 55.1 Å². The van der Waals surface area contributed by atoms with Crippen molar-refractivity contribution >= 4 is 82.9 Å². The van der Waals surface area contributed by atoms with Gasteiger partial charge in [0.05, 0.1) is 57.0 Å². The number of benzene rings is 4. The van der Waals surface area contributed by atoms with Crippen molar-refractivity contribution in [1.82, 2.24) is 111 Å². The Morgan fingerprint density at radius 3 is 1.16 bits per heavy atom. The first-order valence-corrected chi connectivity index (χ1v) is 44.5. The number of nitrogens with one attached hydrogen (secondary N) is 8.